The second kappa shape index (κ2) is 5.19. The lowest BCUT2D eigenvalue weighted by Gasteiger charge is -2.06. The number of halogens is 2. The van der Waals surface area contributed by atoms with Crippen LogP contribution in [0.2, 0.25) is 0 Å². The van der Waals surface area contributed by atoms with E-state index in [0.717, 1.165) is 10.0 Å². The van der Waals surface area contributed by atoms with E-state index in [1.54, 1.807) is 18.2 Å². The summed E-state index contributed by atoms with van der Waals surface area (Å²) in [5.74, 6) is 0.574. The van der Waals surface area contributed by atoms with E-state index in [0.29, 0.717) is 5.75 Å². The van der Waals surface area contributed by atoms with Gasteiger partial charge in [0.15, 0.2) is 0 Å². The Morgan fingerprint density at radius 1 is 1.46 bits per heavy atom. The van der Waals surface area contributed by atoms with E-state index in [4.69, 9.17) is 9.84 Å². The molecule has 0 radical (unpaired) electrons. The minimum absolute atomic E-state index is 0.0481. The van der Waals surface area contributed by atoms with Crippen LogP contribution in [0.4, 0.5) is 4.39 Å². The zero-order valence-corrected chi connectivity index (χ0v) is 8.55. The van der Waals surface area contributed by atoms with Crippen LogP contribution in [0.15, 0.2) is 22.7 Å². The molecule has 2 nitrogen and oxygen atoms in total. The van der Waals surface area contributed by atoms with Crippen LogP contribution in [0.25, 0.3) is 0 Å². The van der Waals surface area contributed by atoms with Gasteiger partial charge in [-0.1, -0.05) is 15.9 Å². The van der Waals surface area contributed by atoms with Gasteiger partial charge in [-0.05, 0) is 23.8 Å². The molecular weight excluding hydrogens is 239 g/mol. The van der Waals surface area contributed by atoms with Gasteiger partial charge in [0, 0.05) is 4.47 Å². The topological polar surface area (TPSA) is 29.5 Å². The van der Waals surface area contributed by atoms with E-state index in [9.17, 15) is 4.39 Å². The standard InChI is InChI=1S/C9H10BrFO2/c10-9-2-1-8(13-4-3-11)5-7(9)6-12/h1-2,5,12H,3-4,6H2. The molecule has 0 fully saturated rings. The molecule has 1 aromatic carbocycles. The van der Waals surface area contributed by atoms with Crippen LogP contribution in [0.5, 0.6) is 5.75 Å². The van der Waals surface area contributed by atoms with Gasteiger partial charge in [0.25, 0.3) is 0 Å². The van der Waals surface area contributed by atoms with Crippen LogP contribution in [0, 0.1) is 0 Å². The average molecular weight is 249 g/mol. The molecule has 0 bridgehead atoms. The van der Waals surface area contributed by atoms with Crippen molar-refractivity contribution in [3.05, 3.63) is 28.2 Å². The van der Waals surface area contributed by atoms with Crippen molar-refractivity contribution < 1.29 is 14.2 Å². The number of benzene rings is 1. The first-order valence-corrected chi connectivity index (χ1v) is 4.65. The first-order chi connectivity index (χ1) is 6.27. The molecule has 1 aromatic rings. The Balaban J connectivity index is 2.74. The van der Waals surface area contributed by atoms with Crippen molar-refractivity contribution in [2.24, 2.45) is 0 Å². The van der Waals surface area contributed by atoms with Crippen LogP contribution in [-0.4, -0.2) is 18.4 Å². The van der Waals surface area contributed by atoms with Crippen molar-refractivity contribution in [1.29, 1.82) is 0 Å². The second-order valence-corrected chi connectivity index (χ2v) is 3.30. The number of hydrogen-bond acceptors (Lipinski definition) is 2. The van der Waals surface area contributed by atoms with Gasteiger partial charge in [0.1, 0.15) is 19.0 Å². The van der Waals surface area contributed by atoms with E-state index >= 15 is 0 Å². The van der Waals surface area contributed by atoms with Crippen molar-refractivity contribution in [1.82, 2.24) is 0 Å². The van der Waals surface area contributed by atoms with Crippen LogP contribution < -0.4 is 4.74 Å². The van der Waals surface area contributed by atoms with Gasteiger partial charge < -0.3 is 9.84 Å². The quantitative estimate of drug-likeness (QED) is 0.887. The molecule has 13 heavy (non-hydrogen) atoms. The summed E-state index contributed by atoms with van der Waals surface area (Å²) in [7, 11) is 0. The zero-order chi connectivity index (χ0) is 9.68. The van der Waals surface area contributed by atoms with Crippen LogP contribution >= 0.6 is 15.9 Å². The fraction of sp³-hybridized carbons (Fsp3) is 0.333. The van der Waals surface area contributed by atoms with Crippen molar-refractivity contribution in [2.75, 3.05) is 13.3 Å². The Bertz CT molecular complexity index is 278. The van der Waals surface area contributed by atoms with Crippen molar-refractivity contribution in [2.45, 2.75) is 6.61 Å². The molecule has 0 saturated heterocycles. The molecule has 0 aliphatic heterocycles. The third kappa shape index (κ3) is 2.97. The van der Waals surface area contributed by atoms with E-state index in [1.807, 2.05) is 0 Å². The number of aliphatic hydroxyl groups is 1. The molecule has 0 heterocycles. The number of alkyl halides is 1. The van der Waals surface area contributed by atoms with Crippen molar-refractivity contribution >= 4 is 15.9 Å². The van der Waals surface area contributed by atoms with E-state index in [-0.39, 0.29) is 13.2 Å². The molecule has 0 aliphatic carbocycles. The van der Waals surface area contributed by atoms with E-state index < -0.39 is 6.67 Å². The molecule has 1 rings (SSSR count). The number of rotatable bonds is 4. The smallest absolute Gasteiger partial charge is 0.123 e. The molecule has 0 atom stereocenters. The third-order valence-corrected chi connectivity index (χ3v) is 2.31. The van der Waals surface area contributed by atoms with Crippen LogP contribution in [-0.2, 0) is 6.61 Å². The molecule has 1 N–H and O–H groups in total. The maximum atomic E-state index is 11.8. The minimum Gasteiger partial charge on any atom is -0.491 e. The van der Waals surface area contributed by atoms with E-state index in [1.165, 1.54) is 0 Å². The monoisotopic (exact) mass is 248 g/mol. The number of ether oxygens (including phenoxy) is 1. The summed E-state index contributed by atoms with van der Waals surface area (Å²) >= 11 is 3.27. The molecule has 0 aliphatic rings. The SMILES string of the molecule is OCc1cc(OCCF)ccc1Br. The average Bonchev–Trinajstić information content (AvgIpc) is 2.16. The Morgan fingerprint density at radius 2 is 2.23 bits per heavy atom. The summed E-state index contributed by atoms with van der Waals surface area (Å²) in [6.45, 7) is -0.523. The third-order valence-electron chi connectivity index (χ3n) is 1.53. The molecule has 0 saturated carbocycles. The van der Waals surface area contributed by atoms with Gasteiger partial charge in [-0.25, -0.2) is 4.39 Å². The molecule has 0 unspecified atom stereocenters. The fourth-order valence-electron chi connectivity index (χ4n) is 0.918. The largest absolute Gasteiger partial charge is 0.491 e. The summed E-state index contributed by atoms with van der Waals surface area (Å²) < 4.78 is 17.6. The molecule has 0 amide bonds. The summed E-state index contributed by atoms with van der Waals surface area (Å²) in [4.78, 5) is 0. The normalized spacial score (nSPS) is 10.1. The fourth-order valence-corrected chi connectivity index (χ4v) is 1.29. The molecule has 4 heteroatoms. The van der Waals surface area contributed by atoms with Crippen LogP contribution in [0.3, 0.4) is 0 Å². The number of aliphatic hydroxyl groups excluding tert-OH is 1. The molecule has 0 aromatic heterocycles. The van der Waals surface area contributed by atoms with Crippen molar-refractivity contribution in [3.8, 4) is 5.75 Å². The Kier molecular flexibility index (Phi) is 4.18. The highest BCUT2D eigenvalue weighted by Gasteiger charge is 2.00. The van der Waals surface area contributed by atoms with Gasteiger partial charge in [-0.3, -0.25) is 0 Å². The number of hydrogen-bond donors (Lipinski definition) is 1. The highest BCUT2D eigenvalue weighted by molar-refractivity contribution is 9.10. The maximum absolute atomic E-state index is 11.8. The van der Waals surface area contributed by atoms with Gasteiger partial charge in [0.05, 0.1) is 6.61 Å². The molecule has 72 valence electrons. The molecule has 0 spiro atoms. The van der Waals surface area contributed by atoms with Gasteiger partial charge in [-0.2, -0.15) is 0 Å². The first kappa shape index (κ1) is 10.5. The van der Waals surface area contributed by atoms with Crippen molar-refractivity contribution in [3.63, 3.8) is 0 Å². The van der Waals surface area contributed by atoms with Gasteiger partial charge >= 0.3 is 0 Å². The zero-order valence-electron chi connectivity index (χ0n) is 6.96. The summed E-state index contributed by atoms with van der Waals surface area (Å²) in [6.07, 6.45) is 0. The predicted molar refractivity (Wildman–Crippen MR) is 51.5 cm³/mol. The highest BCUT2D eigenvalue weighted by atomic mass is 79.9. The molecular formula is C9H10BrFO2. The Labute approximate surface area is 84.5 Å². The van der Waals surface area contributed by atoms with E-state index in [2.05, 4.69) is 15.9 Å². The lowest BCUT2D eigenvalue weighted by atomic mass is 10.2. The first-order valence-electron chi connectivity index (χ1n) is 3.86. The van der Waals surface area contributed by atoms with Gasteiger partial charge in [0.2, 0.25) is 0 Å². The second-order valence-electron chi connectivity index (χ2n) is 2.45. The summed E-state index contributed by atoms with van der Waals surface area (Å²) in [5.41, 5.74) is 0.733. The maximum Gasteiger partial charge on any atom is 0.123 e. The minimum atomic E-state index is -0.509. The Hall–Kier alpha value is -0.610. The predicted octanol–water partition coefficient (Wildman–Crippen LogP) is 2.29. The Morgan fingerprint density at radius 3 is 2.85 bits per heavy atom. The highest BCUT2D eigenvalue weighted by Crippen LogP contribution is 2.22. The lowest BCUT2D eigenvalue weighted by molar-refractivity contribution is 0.267. The van der Waals surface area contributed by atoms with Crippen LogP contribution in [0.1, 0.15) is 5.56 Å². The van der Waals surface area contributed by atoms with Gasteiger partial charge in [-0.15, -0.1) is 0 Å². The summed E-state index contributed by atoms with van der Waals surface area (Å²) in [6, 6.07) is 5.16. The lowest BCUT2D eigenvalue weighted by Crippen LogP contribution is -1.99. The summed E-state index contributed by atoms with van der Waals surface area (Å²) in [5, 5.41) is 8.91.